The molecule has 0 N–H and O–H groups in total. The molecule has 0 aromatic rings. The second kappa shape index (κ2) is 2.22. The van der Waals surface area contributed by atoms with Gasteiger partial charge in [-0.2, -0.15) is 5.11 Å². The summed E-state index contributed by atoms with van der Waals surface area (Å²) in [4.78, 5) is 0. The van der Waals surface area contributed by atoms with E-state index in [0.29, 0.717) is 12.1 Å². The van der Waals surface area contributed by atoms with E-state index in [4.69, 9.17) is 0 Å². The Morgan fingerprint density at radius 1 is 1.30 bits per heavy atom. The van der Waals surface area contributed by atoms with Gasteiger partial charge in [0.15, 0.2) is 0 Å². The highest BCUT2D eigenvalue weighted by molar-refractivity contribution is 4.87. The van der Waals surface area contributed by atoms with Gasteiger partial charge in [0.1, 0.15) is 0 Å². The lowest BCUT2D eigenvalue weighted by Crippen LogP contribution is -2.34. The maximum Gasteiger partial charge on any atom is 0.0949 e. The van der Waals surface area contributed by atoms with Crippen molar-refractivity contribution >= 4 is 0 Å². The molecule has 1 aliphatic carbocycles. The molecule has 3 nitrogen and oxygen atoms in total. The third kappa shape index (κ3) is 0.805. The number of hydrogen-bond donors (Lipinski definition) is 0. The maximum absolute atomic E-state index is 4.19. The minimum Gasteiger partial charge on any atom is -0.277 e. The number of hydrogen-bond acceptors (Lipinski definition) is 3. The predicted octanol–water partition coefficient (Wildman–Crippen LogP) is 1.61. The Bertz CT molecular complexity index is 155. The number of fused-ring (bicyclic) bond motifs is 1. The van der Waals surface area contributed by atoms with Crippen LogP contribution in [-0.2, 0) is 0 Å². The fourth-order valence-electron chi connectivity index (χ4n) is 1.88. The topological polar surface area (TPSA) is 28.0 Å². The van der Waals surface area contributed by atoms with Crippen LogP contribution in [0.1, 0.15) is 25.7 Å². The summed E-state index contributed by atoms with van der Waals surface area (Å²) in [5.74, 6) is 0. The molecule has 0 aromatic heterocycles. The van der Waals surface area contributed by atoms with Crippen molar-refractivity contribution in [2.24, 2.45) is 10.3 Å². The van der Waals surface area contributed by atoms with Crippen LogP contribution < -0.4 is 0 Å². The van der Waals surface area contributed by atoms with Crippen LogP contribution in [0.2, 0.25) is 0 Å². The van der Waals surface area contributed by atoms with E-state index in [-0.39, 0.29) is 0 Å². The van der Waals surface area contributed by atoms with Crippen LogP contribution >= 0.6 is 0 Å². The molecule has 0 spiro atoms. The standard InChI is InChI=1S/C7H13N3/c1-10-7-5-3-2-4-6(7)8-9-10/h6-7H,2-5H2,1H3. The van der Waals surface area contributed by atoms with Gasteiger partial charge in [0.25, 0.3) is 0 Å². The number of rotatable bonds is 0. The number of nitrogens with zero attached hydrogens (tertiary/aromatic N) is 3. The average Bonchev–Trinajstić information content (AvgIpc) is 2.34. The van der Waals surface area contributed by atoms with Crippen molar-refractivity contribution in [3.63, 3.8) is 0 Å². The highest BCUT2D eigenvalue weighted by Gasteiger charge is 2.31. The van der Waals surface area contributed by atoms with Crippen LogP contribution in [0.25, 0.3) is 0 Å². The molecule has 1 fully saturated rings. The van der Waals surface area contributed by atoms with Crippen LogP contribution in [0.4, 0.5) is 0 Å². The van der Waals surface area contributed by atoms with Crippen molar-refractivity contribution in [2.75, 3.05) is 7.05 Å². The first-order valence-corrected chi connectivity index (χ1v) is 4.01. The molecule has 2 aliphatic rings. The minimum atomic E-state index is 0.527. The molecule has 3 heteroatoms. The van der Waals surface area contributed by atoms with Crippen molar-refractivity contribution in [2.45, 2.75) is 37.8 Å². The lowest BCUT2D eigenvalue weighted by molar-refractivity contribution is 0.223. The number of likely N-dealkylation sites (N-methyl/N-ethyl adjacent to an activating group) is 1. The molecule has 0 aromatic carbocycles. The average molecular weight is 139 g/mol. The van der Waals surface area contributed by atoms with Crippen LogP contribution in [-0.4, -0.2) is 24.1 Å². The Labute approximate surface area is 61.1 Å². The Hall–Kier alpha value is -0.600. The first kappa shape index (κ1) is 6.13. The summed E-state index contributed by atoms with van der Waals surface area (Å²) in [7, 11) is 2.03. The SMILES string of the molecule is CN1N=NC2CCCCC21. The molecular weight excluding hydrogens is 126 g/mol. The molecule has 2 unspecified atom stereocenters. The predicted molar refractivity (Wildman–Crippen MR) is 38.7 cm³/mol. The second-order valence-electron chi connectivity index (χ2n) is 3.20. The van der Waals surface area contributed by atoms with Crippen molar-refractivity contribution in [1.82, 2.24) is 5.01 Å². The van der Waals surface area contributed by atoms with E-state index in [1.54, 1.807) is 0 Å². The van der Waals surface area contributed by atoms with Gasteiger partial charge in [-0.05, 0) is 12.8 Å². The molecule has 1 aliphatic heterocycles. The zero-order valence-corrected chi connectivity index (χ0v) is 6.32. The van der Waals surface area contributed by atoms with E-state index in [0.717, 1.165) is 0 Å². The smallest absolute Gasteiger partial charge is 0.0949 e. The largest absolute Gasteiger partial charge is 0.277 e. The molecule has 56 valence electrons. The quantitative estimate of drug-likeness (QED) is 0.501. The third-order valence-electron chi connectivity index (χ3n) is 2.51. The molecule has 0 saturated heterocycles. The van der Waals surface area contributed by atoms with E-state index >= 15 is 0 Å². The van der Waals surface area contributed by atoms with Crippen molar-refractivity contribution in [1.29, 1.82) is 0 Å². The summed E-state index contributed by atoms with van der Waals surface area (Å²) in [5.41, 5.74) is 0. The maximum atomic E-state index is 4.19. The molecule has 2 rings (SSSR count). The summed E-state index contributed by atoms with van der Waals surface area (Å²) in [6, 6.07) is 1.16. The molecule has 1 heterocycles. The van der Waals surface area contributed by atoms with Gasteiger partial charge in [0.05, 0.1) is 12.1 Å². The van der Waals surface area contributed by atoms with Crippen LogP contribution in [0, 0.1) is 0 Å². The zero-order chi connectivity index (χ0) is 6.97. The lowest BCUT2D eigenvalue weighted by Gasteiger charge is -2.26. The highest BCUT2D eigenvalue weighted by Crippen LogP contribution is 2.29. The van der Waals surface area contributed by atoms with Gasteiger partial charge < -0.3 is 0 Å². The first-order valence-electron chi connectivity index (χ1n) is 4.01. The lowest BCUT2D eigenvalue weighted by atomic mass is 9.91. The normalized spacial score (nSPS) is 38.3. The van der Waals surface area contributed by atoms with Gasteiger partial charge in [-0.15, -0.1) is 0 Å². The van der Waals surface area contributed by atoms with E-state index in [1.165, 1.54) is 25.7 Å². The first-order chi connectivity index (χ1) is 4.88. The van der Waals surface area contributed by atoms with Crippen LogP contribution in [0.3, 0.4) is 0 Å². The van der Waals surface area contributed by atoms with Crippen LogP contribution in [0.5, 0.6) is 0 Å². The Kier molecular flexibility index (Phi) is 1.36. The Balaban J connectivity index is 2.07. The fourth-order valence-corrected chi connectivity index (χ4v) is 1.88. The Morgan fingerprint density at radius 3 is 2.90 bits per heavy atom. The zero-order valence-electron chi connectivity index (χ0n) is 6.32. The van der Waals surface area contributed by atoms with Gasteiger partial charge in [-0.3, -0.25) is 5.01 Å². The molecule has 10 heavy (non-hydrogen) atoms. The molecule has 0 radical (unpaired) electrons. The summed E-state index contributed by atoms with van der Waals surface area (Å²) in [6.07, 6.45) is 5.23. The van der Waals surface area contributed by atoms with E-state index in [9.17, 15) is 0 Å². The molecule has 0 amide bonds. The summed E-state index contributed by atoms with van der Waals surface area (Å²) < 4.78 is 0. The molecule has 0 bridgehead atoms. The van der Waals surface area contributed by atoms with Gasteiger partial charge in [-0.25, -0.2) is 0 Å². The highest BCUT2D eigenvalue weighted by atomic mass is 15.6. The van der Waals surface area contributed by atoms with Crippen molar-refractivity contribution < 1.29 is 0 Å². The Morgan fingerprint density at radius 2 is 2.10 bits per heavy atom. The summed E-state index contributed by atoms with van der Waals surface area (Å²) >= 11 is 0. The van der Waals surface area contributed by atoms with Gasteiger partial charge in [-0.1, -0.05) is 18.1 Å². The molecule has 2 atom stereocenters. The van der Waals surface area contributed by atoms with Gasteiger partial charge in [0, 0.05) is 7.05 Å². The van der Waals surface area contributed by atoms with Gasteiger partial charge in [0.2, 0.25) is 0 Å². The minimum absolute atomic E-state index is 0.527. The summed E-state index contributed by atoms with van der Waals surface area (Å²) in [6.45, 7) is 0. The van der Waals surface area contributed by atoms with Crippen LogP contribution in [0.15, 0.2) is 10.3 Å². The van der Waals surface area contributed by atoms with Crippen molar-refractivity contribution in [3.8, 4) is 0 Å². The second-order valence-corrected chi connectivity index (χ2v) is 3.20. The molecule has 1 saturated carbocycles. The fraction of sp³-hybridized carbons (Fsp3) is 1.00. The third-order valence-corrected chi connectivity index (χ3v) is 2.51. The monoisotopic (exact) mass is 139 g/mol. The van der Waals surface area contributed by atoms with E-state index < -0.39 is 0 Å². The van der Waals surface area contributed by atoms with E-state index in [1.807, 2.05) is 12.1 Å². The van der Waals surface area contributed by atoms with E-state index in [2.05, 4.69) is 10.3 Å². The van der Waals surface area contributed by atoms with Gasteiger partial charge >= 0.3 is 0 Å². The summed E-state index contributed by atoms with van der Waals surface area (Å²) in [5, 5.41) is 10.2. The molecular formula is C7H13N3. The van der Waals surface area contributed by atoms with Crippen molar-refractivity contribution in [3.05, 3.63) is 0 Å².